The fourth-order valence-electron chi connectivity index (χ4n) is 3.61. The number of hydrogen-bond acceptors (Lipinski definition) is 2. The van der Waals surface area contributed by atoms with Crippen molar-refractivity contribution in [3.05, 3.63) is 35.1 Å². The first-order valence-electron chi connectivity index (χ1n) is 8.37. The normalized spacial score (nSPS) is 24.0. The highest BCUT2D eigenvalue weighted by molar-refractivity contribution is 5.26. The minimum absolute atomic E-state index is 0.0761. The van der Waals surface area contributed by atoms with Gasteiger partial charge in [0.2, 0.25) is 0 Å². The van der Waals surface area contributed by atoms with Gasteiger partial charge in [0.1, 0.15) is 5.82 Å². The van der Waals surface area contributed by atoms with E-state index < -0.39 is 0 Å². The smallest absolute Gasteiger partial charge is 0.126 e. The fraction of sp³-hybridized carbons (Fsp3) is 0.667. The number of halogens is 1. The summed E-state index contributed by atoms with van der Waals surface area (Å²) in [5.74, 6) is 7.04. The molecule has 1 atom stereocenters. The Morgan fingerprint density at radius 2 is 2.00 bits per heavy atom. The maximum absolute atomic E-state index is 13.8. The van der Waals surface area contributed by atoms with Crippen LogP contribution in [0, 0.1) is 24.6 Å². The van der Waals surface area contributed by atoms with Crippen molar-refractivity contribution in [1.82, 2.24) is 5.43 Å². The molecule has 0 bridgehead atoms. The SMILES string of the molecule is CCCCC1CCC(C(NN)c2ccc(C)c(F)c2)CC1. The Bertz CT molecular complexity index is 439. The zero-order valence-electron chi connectivity index (χ0n) is 13.4. The third kappa shape index (κ3) is 4.27. The summed E-state index contributed by atoms with van der Waals surface area (Å²) in [6, 6.07) is 5.57. The number of hydrogen-bond donors (Lipinski definition) is 2. The van der Waals surface area contributed by atoms with Crippen molar-refractivity contribution < 1.29 is 4.39 Å². The Hall–Kier alpha value is -0.930. The van der Waals surface area contributed by atoms with Crippen LogP contribution in [0.4, 0.5) is 4.39 Å². The highest BCUT2D eigenvalue weighted by Crippen LogP contribution is 2.38. The lowest BCUT2D eigenvalue weighted by molar-refractivity contribution is 0.213. The first-order valence-corrected chi connectivity index (χ1v) is 8.37. The van der Waals surface area contributed by atoms with Crippen molar-refractivity contribution in [3.8, 4) is 0 Å². The van der Waals surface area contributed by atoms with Crippen LogP contribution < -0.4 is 11.3 Å². The van der Waals surface area contributed by atoms with Gasteiger partial charge >= 0.3 is 0 Å². The van der Waals surface area contributed by atoms with Crippen molar-refractivity contribution in [2.45, 2.75) is 64.8 Å². The molecule has 0 radical (unpaired) electrons. The molecule has 0 aliphatic heterocycles. The van der Waals surface area contributed by atoms with Gasteiger partial charge in [0.25, 0.3) is 0 Å². The average molecular weight is 292 g/mol. The molecule has 1 aliphatic carbocycles. The number of aryl methyl sites for hydroxylation is 1. The van der Waals surface area contributed by atoms with Gasteiger partial charge in [-0.1, -0.05) is 51.2 Å². The van der Waals surface area contributed by atoms with Gasteiger partial charge in [0.15, 0.2) is 0 Å². The molecule has 0 saturated heterocycles. The van der Waals surface area contributed by atoms with Crippen molar-refractivity contribution in [1.29, 1.82) is 0 Å². The minimum atomic E-state index is -0.135. The van der Waals surface area contributed by atoms with Crippen LogP contribution in [0.3, 0.4) is 0 Å². The van der Waals surface area contributed by atoms with Gasteiger partial charge in [0.05, 0.1) is 0 Å². The van der Waals surface area contributed by atoms with Crippen LogP contribution in [-0.4, -0.2) is 0 Å². The van der Waals surface area contributed by atoms with Crippen LogP contribution in [-0.2, 0) is 0 Å². The Labute approximate surface area is 128 Å². The zero-order chi connectivity index (χ0) is 15.2. The van der Waals surface area contributed by atoms with Gasteiger partial charge in [-0.3, -0.25) is 11.3 Å². The zero-order valence-corrected chi connectivity index (χ0v) is 13.4. The molecule has 3 N–H and O–H groups in total. The van der Waals surface area contributed by atoms with E-state index in [1.165, 1.54) is 44.9 Å². The van der Waals surface area contributed by atoms with Gasteiger partial charge in [-0.05, 0) is 48.8 Å². The van der Waals surface area contributed by atoms with Crippen LogP contribution in [0.15, 0.2) is 18.2 Å². The number of rotatable bonds is 6. The van der Waals surface area contributed by atoms with Gasteiger partial charge in [-0.15, -0.1) is 0 Å². The number of unbranched alkanes of at least 4 members (excludes halogenated alkanes) is 1. The molecule has 0 spiro atoms. The molecule has 0 heterocycles. The second-order valence-electron chi connectivity index (χ2n) is 6.58. The largest absolute Gasteiger partial charge is 0.271 e. The van der Waals surface area contributed by atoms with E-state index in [0.29, 0.717) is 11.5 Å². The number of nitrogens with one attached hydrogen (secondary N) is 1. The summed E-state index contributed by atoms with van der Waals surface area (Å²) in [7, 11) is 0. The predicted octanol–water partition coefficient (Wildman–Crippen LogP) is 4.64. The maximum atomic E-state index is 13.8. The van der Waals surface area contributed by atoms with Crippen LogP contribution in [0.5, 0.6) is 0 Å². The first kappa shape index (κ1) is 16.4. The summed E-state index contributed by atoms with van der Waals surface area (Å²) in [5.41, 5.74) is 4.60. The lowest BCUT2D eigenvalue weighted by Crippen LogP contribution is -2.35. The summed E-state index contributed by atoms with van der Waals surface area (Å²) in [6.45, 7) is 4.05. The summed E-state index contributed by atoms with van der Waals surface area (Å²) in [4.78, 5) is 0. The van der Waals surface area contributed by atoms with E-state index in [2.05, 4.69) is 12.3 Å². The molecular formula is C18H29FN2. The Morgan fingerprint density at radius 3 is 2.57 bits per heavy atom. The molecule has 1 fully saturated rings. The number of nitrogens with two attached hydrogens (primary N) is 1. The third-order valence-corrected chi connectivity index (χ3v) is 5.06. The van der Waals surface area contributed by atoms with Gasteiger partial charge in [-0.2, -0.15) is 0 Å². The Morgan fingerprint density at radius 1 is 1.29 bits per heavy atom. The van der Waals surface area contributed by atoms with E-state index in [1.54, 1.807) is 13.0 Å². The molecular weight excluding hydrogens is 263 g/mol. The fourth-order valence-corrected chi connectivity index (χ4v) is 3.61. The predicted molar refractivity (Wildman–Crippen MR) is 86.2 cm³/mol. The van der Waals surface area contributed by atoms with E-state index >= 15 is 0 Å². The lowest BCUT2D eigenvalue weighted by Gasteiger charge is -2.34. The molecule has 1 saturated carbocycles. The standard InChI is InChI=1S/C18H29FN2/c1-3-4-5-14-7-10-15(11-8-14)18(21-20)16-9-6-13(2)17(19)12-16/h6,9,12,14-15,18,21H,3-5,7-8,10-11,20H2,1-2H3. The van der Waals surface area contributed by atoms with E-state index in [-0.39, 0.29) is 11.9 Å². The van der Waals surface area contributed by atoms with Crippen molar-refractivity contribution in [3.63, 3.8) is 0 Å². The molecule has 118 valence electrons. The Balaban J connectivity index is 1.97. The summed E-state index contributed by atoms with van der Waals surface area (Å²) in [6.07, 6.45) is 8.96. The molecule has 1 aromatic carbocycles. The van der Waals surface area contributed by atoms with E-state index in [4.69, 9.17) is 5.84 Å². The highest BCUT2D eigenvalue weighted by Gasteiger charge is 2.28. The maximum Gasteiger partial charge on any atom is 0.126 e. The van der Waals surface area contributed by atoms with Gasteiger partial charge in [-0.25, -0.2) is 4.39 Å². The van der Waals surface area contributed by atoms with Crippen LogP contribution in [0.25, 0.3) is 0 Å². The third-order valence-electron chi connectivity index (χ3n) is 5.06. The van der Waals surface area contributed by atoms with E-state index in [1.807, 2.05) is 12.1 Å². The molecule has 1 aromatic rings. The van der Waals surface area contributed by atoms with Crippen molar-refractivity contribution in [2.24, 2.45) is 17.7 Å². The van der Waals surface area contributed by atoms with Crippen molar-refractivity contribution in [2.75, 3.05) is 0 Å². The van der Waals surface area contributed by atoms with E-state index in [9.17, 15) is 4.39 Å². The quantitative estimate of drug-likeness (QED) is 0.592. The molecule has 2 nitrogen and oxygen atoms in total. The topological polar surface area (TPSA) is 38.0 Å². The second kappa shape index (κ2) is 7.90. The number of hydrazine groups is 1. The van der Waals surface area contributed by atoms with Gasteiger partial charge < -0.3 is 0 Å². The molecule has 1 aliphatic rings. The van der Waals surface area contributed by atoms with Crippen molar-refractivity contribution >= 4 is 0 Å². The minimum Gasteiger partial charge on any atom is -0.271 e. The Kier molecular flexibility index (Phi) is 6.19. The molecule has 0 amide bonds. The molecule has 3 heteroatoms. The van der Waals surface area contributed by atoms with Crippen LogP contribution in [0.2, 0.25) is 0 Å². The number of benzene rings is 1. The summed E-state index contributed by atoms with van der Waals surface area (Å²) in [5, 5.41) is 0. The van der Waals surface area contributed by atoms with Gasteiger partial charge in [0, 0.05) is 6.04 Å². The van der Waals surface area contributed by atoms with E-state index in [0.717, 1.165) is 11.5 Å². The molecule has 0 aromatic heterocycles. The highest BCUT2D eigenvalue weighted by atomic mass is 19.1. The average Bonchev–Trinajstić information content (AvgIpc) is 2.50. The summed E-state index contributed by atoms with van der Waals surface area (Å²) < 4.78 is 13.8. The monoisotopic (exact) mass is 292 g/mol. The van der Waals surface area contributed by atoms with Crippen LogP contribution in [0.1, 0.15) is 69.0 Å². The molecule has 1 unspecified atom stereocenters. The molecule has 2 rings (SSSR count). The second-order valence-corrected chi connectivity index (χ2v) is 6.58. The first-order chi connectivity index (χ1) is 10.2. The van der Waals surface area contributed by atoms with Crippen LogP contribution >= 0.6 is 0 Å². The molecule has 21 heavy (non-hydrogen) atoms. The lowest BCUT2D eigenvalue weighted by atomic mass is 9.75. The summed E-state index contributed by atoms with van der Waals surface area (Å²) >= 11 is 0.